The van der Waals surface area contributed by atoms with E-state index < -0.39 is 10.9 Å². The van der Waals surface area contributed by atoms with E-state index in [1.165, 1.54) is 18.9 Å². The quantitative estimate of drug-likeness (QED) is 0.295. The molecule has 1 saturated heterocycles. The van der Waals surface area contributed by atoms with Crippen molar-refractivity contribution in [1.82, 2.24) is 15.6 Å². The van der Waals surface area contributed by atoms with Crippen molar-refractivity contribution in [3.8, 4) is 0 Å². The number of aromatic nitrogens is 1. The summed E-state index contributed by atoms with van der Waals surface area (Å²) in [5.41, 5.74) is 0.576. The predicted molar refractivity (Wildman–Crippen MR) is 115 cm³/mol. The number of unbranched alkanes of at least 4 members (excludes halogenated alkanes) is 1. The number of nitrogens with one attached hydrogen (secondary N) is 4. The first-order chi connectivity index (χ1) is 13.6. The Morgan fingerprint density at radius 3 is 2.89 bits per heavy atom. The molecule has 28 heavy (non-hydrogen) atoms. The van der Waals surface area contributed by atoms with E-state index in [-0.39, 0.29) is 0 Å². The van der Waals surface area contributed by atoms with Crippen molar-refractivity contribution in [3.05, 3.63) is 34.3 Å². The number of halogens is 3. The Hall–Kier alpha value is -1.13. The van der Waals surface area contributed by atoms with Crippen LogP contribution in [0.3, 0.4) is 0 Å². The molecule has 0 saturated carbocycles. The van der Waals surface area contributed by atoms with Gasteiger partial charge in [0.1, 0.15) is 5.82 Å². The van der Waals surface area contributed by atoms with Gasteiger partial charge in [-0.25, -0.2) is 9.37 Å². The van der Waals surface area contributed by atoms with E-state index in [4.69, 9.17) is 11.6 Å². The fourth-order valence-corrected chi connectivity index (χ4v) is 4.51. The average Bonchev–Trinajstić information content (AvgIpc) is 3.33. The number of hydrogen-bond acceptors (Lipinski definition) is 7. The molecule has 0 bridgehead atoms. The Morgan fingerprint density at radius 2 is 2.14 bits per heavy atom. The molecule has 0 radical (unpaired) electrons. The topological polar surface area (TPSA) is 61.0 Å². The zero-order valence-corrected chi connectivity index (χ0v) is 17.8. The Labute approximate surface area is 177 Å². The van der Waals surface area contributed by atoms with Crippen molar-refractivity contribution in [2.24, 2.45) is 0 Å². The molecule has 1 aliphatic heterocycles. The van der Waals surface area contributed by atoms with Gasteiger partial charge in [-0.05, 0) is 62.9 Å². The van der Waals surface area contributed by atoms with Gasteiger partial charge in [-0.15, -0.1) is 0 Å². The van der Waals surface area contributed by atoms with Crippen LogP contribution >= 0.6 is 34.9 Å². The van der Waals surface area contributed by atoms with Crippen LogP contribution in [0.2, 0.25) is 5.02 Å². The summed E-state index contributed by atoms with van der Waals surface area (Å²) >= 11 is 8.13. The fourth-order valence-electron chi connectivity index (χ4n) is 2.95. The predicted octanol–water partition coefficient (Wildman–Crippen LogP) is 4.73. The van der Waals surface area contributed by atoms with E-state index >= 15 is 0 Å². The largest absolute Gasteiger partial charge is 0.384 e. The Morgan fingerprint density at radius 1 is 1.29 bits per heavy atom. The van der Waals surface area contributed by atoms with E-state index in [9.17, 15) is 8.78 Å². The molecule has 3 rings (SSSR count). The molecule has 1 aromatic carbocycles. The number of thiazole rings is 1. The van der Waals surface area contributed by atoms with E-state index in [1.54, 1.807) is 6.07 Å². The minimum absolute atomic E-state index is 0.330. The highest BCUT2D eigenvalue weighted by atomic mass is 35.5. The Bertz CT molecular complexity index is 756. The van der Waals surface area contributed by atoms with Gasteiger partial charge in [0.25, 0.3) is 0 Å². The zero-order valence-electron chi connectivity index (χ0n) is 15.4. The molecule has 0 aliphatic carbocycles. The van der Waals surface area contributed by atoms with Crippen molar-refractivity contribution in [1.29, 1.82) is 0 Å². The summed E-state index contributed by atoms with van der Waals surface area (Å²) in [6, 6.07) is 3.55. The molecule has 1 aliphatic rings. The normalized spacial score (nSPS) is 16.5. The molecule has 0 spiro atoms. The highest BCUT2D eigenvalue weighted by Gasteiger charge is 2.13. The highest BCUT2D eigenvalue weighted by Crippen LogP contribution is 2.32. The van der Waals surface area contributed by atoms with Crippen molar-refractivity contribution < 1.29 is 8.78 Å². The van der Waals surface area contributed by atoms with Gasteiger partial charge in [-0.3, -0.25) is 0 Å². The summed E-state index contributed by atoms with van der Waals surface area (Å²) in [4.78, 5) is 4.16. The summed E-state index contributed by atoms with van der Waals surface area (Å²) in [5, 5.41) is 10.5. The smallest absolute Gasteiger partial charge is 0.198 e. The van der Waals surface area contributed by atoms with E-state index in [2.05, 4.69) is 25.7 Å². The molecule has 5 nitrogen and oxygen atoms in total. The lowest BCUT2D eigenvalue weighted by Gasteiger charge is -2.12. The maximum atomic E-state index is 14.3. The van der Waals surface area contributed by atoms with Crippen LogP contribution in [0.4, 0.5) is 19.6 Å². The van der Waals surface area contributed by atoms with Gasteiger partial charge >= 0.3 is 0 Å². The van der Waals surface area contributed by atoms with Crippen LogP contribution in [-0.4, -0.2) is 37.2 Å². The van der Waals surface area contributed by atoms with Crippen LogP contribution < -0.4 is 20.7 Å². The zero-order chi connectivity index (χ0) is 19.8. The molecule has 4 N–H and O–H groups in total. The van der Waals surface area contributed by atoms with Crippen LogP contribution in [0.25, 0.3) is 0 Å². The molecule has 1 aromatic heterocycles. The minimum atomic E-state index is -0.397. The first kappa shape index (κ1) is 21.6. The fraction of sp³-hybridized carbons (Fsp3) is 0.500. The molecule has 0 unspecified atom stereocenters. The summed E-state index contributed by atoms with van der Waals surface area (Å²) in [6.45, 7) is 3.85. The van der Waals surface area contributed by atoms with Crippen molar-refractivity contribution in [2.45, 2.75) is 36.6 Å². The molecule has 154 valence electrons. The first-order valence-corrected chi connectivity index (χ1v) is 11.3. The third-order valence-electron chi connectivity index (χ3n) is 4.40. The summed E-state index contributed by atoms with van der Waals surface area (Å²) in [6.07, 6.45) is 5.65. The molecular weight excluding hydrogens is 424 g/mol. The van der Waals surface area contributed by atoms with Crippen LogP contribution in [0, 0.1) is 10.9 Å². The lowest BCUT2D eigenvalue weighted by molar-refractivity contribution is 0.526. The molecule has 10 heteroatoms. The van der Waals surface area contributed by atoms with Gasteiger partial charge in [0.15, 0.2) is 10.3 Å². The standard InChI is InChI=1S/C18H24ClF2N5S2/c19-13-8-16(28-26-18-25-11-17(21)27-18)14(20)9-15(13)24-6-2-1-5-22-10-12-4-3-7-23-12/h8-9,11-12,22-24H,1-7,10H2,(H,25,26)/t12-/m0/s1. The second-order valence-corrected chi connectivity index (χ2v) is 8.80. The maximum Gasteiger partial charge on any atom is 0.198 e. The summed E-state index contributed by atoms with van der Waals surface area (Å²) in [7, 11) is 0. The van der Waals surface area contributed by atoms with Gasteiger partial charge in [-0.2, -0.15) is 4.39 Å². The van der Waals surface area contributed by atoms with Gasteiger partial charge in [0, 0.05) is 19.1 Å². The Kier molecular flexibility index (Phi) is 8.60. The van der Waals surface area contributed by atoms with E-state index in [1.807, 2.05) is 0 Å². The van der Waals surface area contributed by atoms with Crippen molar-refractivity contribution >= 4 is 45.7 Å². The van der Waals surface area contributed by atoms with Crippen molar-refractivity contribution in [2.75, 3.05) is 36.2 Å². The number of benzene rings is 1. The average molecular weight is 448 g/mol. The van der Waals surface area contributed by atoms with Gasteiger partial charge < -0.3 is 20.7 Å². The van der Waals surface area contributed by atoms with Crippen LogP contribution in [-0.2, 0) is 0 Å². The summed E-state index contributed by atoms with van der Waals surface area (Å²) < 4.78 is 30.0. The number of anilines is 2. The molecular formula is C18H24ClF2N5S2. The van der Waals surface area contributed by atoms with Crippen LogP contribution in [0.15, 0.2) is 23.2 Å². The second-order valence-electron chi connectivity index (χ2n) is 6.57. The van der Waals surface area contributed by atoms with Gasteiger partial charge in [0.2, 0.25) is 0 Å². The lowest BCUT2D eigenvalue weighted by atomic mass is 10.2. The molecule has 2 aromatic rings. The van der Waals surface area contributed by atoms with E-state index in [0.717, 1.165) is 68.5 Å². The number of rotatable bonds is 11. The van der Waals surface area contributed by atoms with Gasteiger partial charge in [-0.1, -0.05) is 22.9 Å². The van der Waals surface area contributed by atoms with E-state index in [0.29, 0.717) is 26.8 Å². The third kappa shape index (κ3) is 6.73. The van der Waals surface area contributed by atoms with Gasteiger partial charge in [0.05, 0.1) is 21.8 Å². The highest BCUT2D eigenvalue weighted by molar-refractivity contribution is 8.00. The third-order valence-corrected chi connectivity index (χ3v) is 6.37. The monoisotopic (exact) mass is 447 g/mol. The SMILES string of the molecule is Fc1cnc(NSc2cc(Cl)c(NCCCCNC[C@@H]3CCCN3)cc2F)s1. The molecule has 1 fully saturated rings. The number of nitrogens with zero attached hydrogens (tertiary/aromatic N) is 1. The molecule has 2 heterocycles. The maximum absolute atomic E-state index is 14.3. The molecule has 0 amide bonds. The number of hydrogen-bond donors (Lipinski definition) is 4. The second kappa shape index (κ2) is 11.2. The van der Waals surface area contributed by atoms with Crippen LogP contribution in [0.1, 0.15) is 25.7 Å². The van der Waals surface area contributed by atoms with Crippen molar-refractivity contribution in [3.63, 3.8) is 0 Å². The minimum Gasteiger partial charge on any atom is -0.384 e. The lowest BCUT2D eigenvalue weighted by Crippen LogP contribution is -2.34. The van der Waals surface area contributed by atoms with Crippen LogP contribution in [0.5, 0.6) is 0 Å². The summed E-state index contributed by atoms with van der Waals surface area (Å²) in [5.74, 6) is -0.396. The first-order valence-electron chi connectivity index (χ1n) is 9.33. The molecule has 1 atom stereocenters. The Balaban J connectivity index is 1.36.